The summed E-state index contributed by atoms with van der Waals surface area (Å²) < 4.78 is 0. The van der Waals surface area contributed by atoms with E-state index in [1.165, 1.54) is 25.7 Å². The third-order valence-electron chi connectivity index (χ3n) is 2.77. The van der Waals surface area contributed by atoms with Gasteiger partial charge in [-0.2, -0.15) is 27.0 Å². The molecule has 1 aliphatic rings. The summed E-state index contributed by atoms with van der Waals surface area (Å²) in [4.78, 5) is 0. The van der Waals surface area contributed by atoms with Crippen LogP contribution in [0, 0.1) is 5.92 Å². The van der Waals surface area contributed by atoms with Crippen LogP contribution in [0.15, 0.2) is 0 Å². The maximum Gasteiger partial charge on any atom is 0.0545 e. The minimum Gasteiger partial charge on any atom is -0.393 e. The van der Waals surface area contributed by atoms with Crippen LogP contribution < -0.4 is 0 Å². The first-order chi connectivity index (χ1) is 5.49. The zero-order valence-corrected chi connectivity index (χ0v) is 12.6. The summed E-state index contributed by atoms with van der Waals surface area (Å²) in [7, 11) is -1.04. The number of aliphatic hydroxyl groups excluding tert-OH is 1. The van der Waals surface area contributed by atoms with Gasteiger partial charge in [0.1, 0.15) is 0 Å². The number of hydrogen-bond donors (Lipinski definition) is 1. The molecule has 4 heteroatoms. The van der Waals surface area contributed by atoms with Gasteiger partial charge in [-0.15, -0.1) is 0 Å². The second-order valence-electron chi connectivity index (χ2n) is 5.38. The van der Waals surface area contributed by atoms with Crippen LogP contribution in [0.5, 0.6) is 0 Å². The zero-order chi connectivity index (χ0) is 9.19. The Balaban J connectivity index is 0. The SMILES string of the molecule is C[Si](C)(C)C[C@@H](O)C1CCCC1.S.S. The highest BCUT2D eigenvalue weighted by molar-refractivity contribution is 7.59. The van der Waals surface area contributed by atoms with E-state index in [1.807, 2.05) is 0 Å². The Labute approximate surface area is 104 Å². The van der Waals surface area contributed by atoms with E-state index in [2.05, 4.69) is 19.6 Å². The maximum atomic E-state index is 9.92. The molecule has 0 aliphatic heterocycles. The molecule has 1 rings (SSSR count). The van der Waals surface area contributed by atoms with Crippen molar-refractivity contribution in [3.8, 4) is 0 Å². The van der Waals surface area contributed by atoms with Crippen molar-refractivity contribution in [1.82, 2.24) is 0 Å². The lowest BCUT2D eigenvalue weighted by atomic mass is 10.0. The quantitative estimate of drug-likeness (QED) is 0.767. The fourth-order valence-corrected chi connectivity index (χ4v) is 3.72. The van der Waals surface area contributed by atoms with Gasteiger partial charge in [0.25, 0.3) is 0 Å². The van der Waals surface area contributed by atoms with Crippen LogP contribution in [0.4, 0.5) is 0 Å². The van der Waals surface area contributed by atoms with Gasteiger partial charge in [-0.1, -0.05) is 32.5 Å². The number of aliphatic hydroxyl groups is 1. The third-order valence-corrected chi connectivity index (χ3v) is 4.41. The molecule has 0 spiro atoms. The molecule has 0 aromatic heterocycles. The van der Waals surface area contributed by atoms with Gasteiger partial charge in [-0.3, -0.25) is 0 Å². The molecule has 0 heterocycles. The second kappa shape index (κ2) is 7.20. The van der Waals surface area contributed by atoms with Gasteiger partial charge in [0.05, 0.1) is 6.10 Å². The van der Waals surface area contributed by atoms with Crippen molar-refractivity contribution >= 4 is 35.1 Å². The summed E-state index contributed by atoms with van der Waals surface area (Å²) in [6.07, 6.45) is 5.23. The highest BCUT2D eigenvalue weighted by Crippen LogP contribution is 2.31. The van der Waals surface area contributed by atoms with E-state index in [0.717, 1.165) is 6.04 Å². The van der Waals surface area contributed by atoms with E-state index in [9.17, 15) is 5.11 Å². The van der Waals surface area contributed by atoms with Crippen LogP contribution in [0.3, 0.4) is 0 Å². The molecule has 88 valence electrons. The highest BCUT2D eigenvalue weighted by Gasteiger charge is 2.27. The van der Waals surface area contributed by atoms with Gasteiger partial charge in [0.15, 0.2) is 0 Å². The molecule has 1 fully saturated rings. The number of rotatable bonds is 3. The van der Waals surface area contributed by atoms with E-state index in [-0.39, 0.29) is 33.1 Å². The highest BCUT2D eigenvalue weighted by atomic mass is 32.1. The fourth-order valence-electron chi connectivity index (χ4n) is 2.14. The first kappa shape index (κ1) is 17.3. The Morgan fingerprint density at radius 2 is 1.57 bits per heavy atom. The lowest BCUT2D eigenvalue weighted by Crippen LogP contribution is -2.30. The lowest BCUT2D eigenvalue weighted by Gasteiger charge is -2.24. The Hall–Kier alpha value is 0.877. The Morgan fingerprint density at radius 3 is 1.93 bits per heavy atom. The Bertz CT molecular complexity index is 142. The molecule has 0 radical (unpaired) electrons. The molecule has 1 N–H and O–H groups in total. The largest absolute Gasteiger partial charge is 0.393 e. The van der Waals surface area contributed by atoms with Gasteiger partial charge < -0.3 is 5.11 Å². The Morgan fingerprint density at radius 1 is 1.14 bits per heavy atom. The van der Waals surface area contributed by atoms with Crippen LogP contribution in [0.1, 0.15) is 25.7 Å². The maximum absolute atomic E-state index is 9.92. The summed E-state index contributed by atoms with van der Waals surface area (Å²) in [5, 5.41) is 9.92. The molecule has 0 unspecified atom stereocenters. The topological polar surface area (TPSA) is 20.2 Å². The van der Waals surface area contributed by atoms with Gasteiger partial charge in [0.2, 0.25) is 0 Å². The van der Waals surface area contributed by atoms with Crippen LogP contribution in [-0.4, -0.2) is 19.3 Å². The molecule has 14 heavy (non-hydrogen) atoms. The lowest BCUT2D eigenvalue weighted by molar-refractivity contribution is 0.127. The van der Waals surface area contributed by atoms with Gasteiger partial charge in [-0.05, 0) is 24.8 Å². The van der Waals surface area contributed by atoms with Crippen molar-refractivity contribution < 1.29 is 5.11 Å². The molecule has 1 aliphatic carbocycles. The first-order valence-electron chi connectivity index (χ1n) is 5.17. The molecular weight excluding hydrogens is 228 g/mol. The van der Waals surface area contributed by atoms with Crippen LogP contribution in [-0.2, 0) is 0 Å². The van der Waals surface area contributed by atoms with Crippen LogP contribution in [0.25, 0.3) is 0 Å². The second-order valence-corrected chi connectivity index (χ2v) is 10.9. The zero-order valence-electron chi connectivity index (χ0n) is 9.64. The van der Waals surface area contributed by atoms with Crippen molar-refractivity contribution in [3.05, 3.63) is 0 Å². The summed E-state index contributed by atoms with van der Waals surface area (Å²) >= 11 is 0. The number of hydrogen-bond acceptors (Lipinski definition) is 1. The monoisotopic (exact) mass is 254 g/mol. The average molecular weight is 255 g/mol. The van der Waals surface area contributed by atoms with E-state index >= 15 is 0 Å². The van der Waals surface area contributed by atoms with E-state index < -0.39 is 8.07 Å². The van der Waals surface area contributed by atoms with E-state index in [1.54, 1.807) is 0 Å². The van der Waals surface area contributed by atoms with Crippen molar-refractivity contribution in [1.29, 1.82) is 0 Å². The van der Waals surface area contributed by atoms with Gasteiger partial charge in [-0.25, -0.2) is 0 Å². The summed E-state index contributed by atoms with van der Waals surface area (Å²) in [6, 6.07) is 1.09. The molecular formula is C10H26OS2Si. The minimum atomic E-state index is -1.04. The molecule has 1 nitrogen and oxygen atoms in total. The van der Waals surface area contributed by atoms with Gasteiger partial charge >= 0.3 is 0 Å². The molecule has 0 aromatic rings. The van der Waals surface area contributed by atoms with Crippen LogP contribution in [0.2, 0.25) is 25.7 Å². The summed E-state index contributed by atoms with van der Waals surface area (Å²) in [5.41, 5.74) is 0. The average Bonchev–Trinajstić information content (AvgIpc) is 2.32. The minimum absolute atomic E-state index is 0. The molecule has 0 amide bonds. The fraction of sp³-hybridized carbons (Fsp3) is 1.00. The molecule has 0 bridgehead atoms. The summed E-state index contributed by atoms with van der Waals surface area (Å²) in [5.74, 6) is 0.636. The van der Waals surface area contributed by atoms with E-state index in [4.69, 9.17) is 0 Å². The first-order valence-corrected chi connectivity index (χ1v) is 8.88. The van der Waals surface area contributed by atoms with Crippen molar-refractivity contribution in [2.45, 2.75) is 57.5 Å². The predicted molar refractivity (Wildman–Crippen MR) is 76.9 cm³/mol. The third kappa shape index (κ3) is 6.38. The van der Waals surface area contributed by atoms with Crippen molar-refractivity contribution in [2.24, 2.45) is 5.92 Å². The smallest absolute Gasteiger partial charge is 0.0545 e. The van der Waals surface area contributed by atoms with Crippen molar-refractivity contribution in [2.75, 3.05) is 0 Å². The molecule has 1 saturated carbocycles. The van der Waals surface area contributed by atoms with Crippen molar-refractivity contribution in [3.63, 3.8) is 0 Å². The standard InChI is InChI=1S/C10H22OSi.2H2S/c1-12(2,3)8-10(11)9-6-4-5-7-9;;/h9-11H,4-8H2,1-3H3;2*1H2/t10-;;/m1../s1. The summed E-state index contributed by atoms with van der Waals surface area (Å²) in [6.45, 7) is 7.02. The van der Waals surface area contributed by atoms with Gasteiger partial charge in [0, 0.05) is 8.07 Å². The van der Waals surface area contributed by atoms with Crippen LogP contribution >= 0.6 is 27.0 Å². The normalized spacial score (nSPS) is 19.7. The Kier molecular flexibility index (Phi) is 8.89. The molecule has 0 saturated heterocycles. The predicted octanol–water partition coefficient (Wildman–Crippen LogP) is 3.10. The van der Waals surface area contributed by atoms with E-state index in [0.29, 0.717) is 5.92 Å². The molecule has 0 aromatic carbocycles. The molecule has 1 atom stereocenters.